The maximum atomic E-state index is 12.1. The fraction of sp³-hybridized carbons (Fsp3) is 0.176. The zero-order valence-electron chi connectivity index (χ0n) is 12.1. The van der Waals surface area contributed by atoms with Crippen molar-refractivity contribution < 1.29 is 4.79 Å². The Morgan fingerprint density at radius 2 is 2.10 bits per heavy atom. The van der Waals surface area contributed by atoms with Crippen molar-refractivity contribution in [2.45, 2.75) is 13.8 Å². The highest BCUT2D eigenvalue weighted by molar-refractivity contribution is 6.04. The highest BCUT2D eigenvalue weighted by Gasteiger charge is 2.07. The molecule has 0 fully saturated rings. The summed E-state index contributed by atoms with van der Waals surface area (Å²) in [6, 6.07) is 9.16. The summed E-state index contributed by atoms with van der Waals surface area (Å²) in [4.78, 5) is 16.2. The first-order valence-electron chi connectivity index (χ1n) is 6.64. The van der Waals surface area contributed by atoms with E-state index in [2.05, 4.69) is 22.1 Å². The van der Waals surface area contributed by atoms with Gasteiger partial charge in [-0.05, 0) is 49.7 Å². The van der Waals surface area contributed by atoms with Gasteiger partial charge < -0.3 is 11.1 Å². The molecule has 1 heterocycles. The van der Waals surface area contributed by atoms with Crippen LogP contribution in [-0.2, 0) is 0 Å². The quantitative estimate of drug-likeness (QED) is 0.829. The predicted molar refractivity (Wildman–Crippen MR) is 84.0 cm³/mol. The second-order valence-corrected chi connectivity index (χ2v) is 4.68. The van der Waals surface area contributed by atoms with E-state index in [-0.39, 0.29) is 5.91 Å². The number of rotatable bonds is 2. The molecule has 0 spiro atoms. The molecule has 1 amide bonds. The third-order valence-corrected chi connectivity index (χ3v) is 2.98. The summed E-state index contributed by atoms with van der Waals surface area (Å²) in [7, 11) is 0. The van der Waals surface area contributed by atoms with E-state index < -0.39 is 0 Å². The van der Waals surface area contributed by atoms with Crippen molar-refractivity contribution in [3.63, 3.8) is 0 Å². The number of nitrogens with two attached hydrogens (primary N) is 1. The van der Waals surface area contributed by atoms with Crippen molar-refractivity contribution in [1.29, 1.82) is 0 Å². The Labute approximate surface area is 124 Å². The van der Waals surface area contributed by atoms with Crippen molar-refractivity contribution in [1.82, 2.24) is 4.98 Å². The van der Waals surface area contributed by atoms with E-state index in [9.17, 15) is 4.79 Å². The lowest BCUT2D eigenvalue weighted by Crippen LogP contribution is -2.12. The topological polar surface area (TPSA) is 68.0 Å². The Morgan fingerprint density at radius 3 is 2.71 bits per heavy atom. The number of anilines is 1. The van der Waals surface area contributed by atoms with Crippen LogP contribution in [-0.4, -0.2) is 17.4 Å². The predicted octanol–water partition coefficient (Wildman–Crippen LogP) is 2.26. The smallest absolute Gasteiger partial charge is 0.257 e. The molecular formula is C17H17N3O. The number of hydrogen-bond donors (Lipinski definition) is 2. The van der Waals surface area contributed by atoms with E-state index in [0.29, 0.717) is 12.1 Å². The number of nitrogens with one attached hydrogen (secondary N) is 1. The molecule has 4 heteroatoms. The first-order valence-corrected chi connectivity index (χ1v) is 6.64. The lowest BCUT2D eigenvalue weighted by Gasteiger charge is -2.07. The summed E-state index contributed by atoms with van der Waals surface area (Å²) in [5.41, 5.74) is 9.41. The van der Waals surface area contributed by atoms with Gasteiger partial charge >= 0.3 is 0 Å². The second-order valence-electron chi connectivity index (χ2n) is 4.68. The number of carbonyl (C=O) groups excluding carboxylic acids is 1. The van der Waals surface area contributed by atoms with Crippen molar-refractivity contribution in [2.75, 3.05) is 11.9 Å². The summed E-state index contributed by atoms with van der Waals surface area (Å²) in [6.45, 7) is 4.16. The van der Waals surface area contributed by atoms with Gasteiger partial charge in [-0.2, -0.15) is 0 Å². The van der Waals surface area contributed by atoms with Crippen LogP contribution in [0.3, 0.4) is 0 Å². The number of nitrogens with zero attached hydrogens (tertiary/aromatic N) is 1. The molecule has 0 atom stereocenters. The number of aryl methyl sites for hydroxylation is 2. The average Bonchev–Trinajstić information content (AvgIpc) is 2.47. The fourth-order valence-electron chi connectivity index (χ4n) is 1.83. The zero-order chi connectivity index (χ0) is 15.2. The number of hydrogen-bond acceptors (Lipinski definition) is 3. The van der Waals surface area contributed by atoms with Crippen LogP contribution in [0.15, 0.2) is 36.5 Å². The molecule has 0 radical (unpaired) electrons. The molecule has 0 bridgehead atoms. The molecule has 4 nitrogen and oxygen atoms in total. The van der Waals surface area contributed by atoms with E-state index in [0.717, 1.165) is 22.5 Å². The zero-order valence-corrected chi connectivity index (χ0v) is 12.1. The van der Waals surface area contributed by atoms with Crippen LogP contribution < -0.4 is 11.1 Å². The molecule has 0 unspecified atom stereocenters. The normalized spacial score (nSPS) is 9.67. The summed E-state index contributed by atoms with van der Waals surface area (Å²) in [5.74, 6) is 5.63. The van der Waals surface area contributed by atoms with E-state index in [1.54, 1.807) is 12.3 Å². The highest BCUT2D eigenvalue weighted by Crippen LogP contribution is 2.15. The van der Waals surface area contributed by atoms with Gasteiger partial charge in [0.15, 0.2) is 0 Å². The van der Waals surface area contributed by atoms with Crippen LogP contribution in [0.5, 0.6) is 0 Å². The molecule has 2 aromatic rings. The second kappa shape index (κ2) is 6.69. The maximum Gasteiger partial charge on any atom is 0.257 e. The van der Waals surface area contributed by atoms with E-state index in [1.165, 1.54) is 0 Å². The summed E-state index contributed by atoms with van der Waals surface area (Å²) < 4.78 is 0. The van der Waals surface area contributed by atoms with Crippen molar-refractivity contribution in [3.8, 4) is 11.8 Å². The van der Waals surface area contributed by atoms with Gasteiger partial charge in [-0.1, -0.05) is 11.8 Å². The summed E-state index contributed by atoms with van der Waals surface area (Å²) in [5, 5.41) is 2.85. The van der Waals surface area contributed by atoms with Gasteiger partial charge in [0, 0.05) is 23.1 Å². The van der Waals surface area contributed by atoms with Gasteiger partial charge in [0.05, 0.1) is 12.1 Å². The van der Waals surface area contributed by atoms with E-state index >= 15 is 0 Å². The van der Waals surface area contributed by atoms with Gasteiger partial charge in [-0.25, -0.2) is 0 Å². The first kappa shape index (κ1) is 14.8. The molecule has 3 N–H and O–H groups in total. The first-order chi connectivity index (χ1) is 10.1. The molecule has 0 saturated carbocycles. The van der Waals surface area contributed by atoms with Crippen molar-refractivity contribution in [2.24, 2.45) is 5.73 Å². The molecule has 0 aliphatic rings. The SMILES string of the molecule is Cc1ccc(C(=O)Nc2ccc(C#CCN)c(C)c2)cn1. The van der Waals surface area contributed by atoms with Gasteiger partial charge in [-0.15, -0.1) is 0 Å². The Balaban J connectivity index is 2.14. The number of aromatic nitrogens is 1. The standard InChI is InChI=1S/C17H17N3O/c1-12-10-16(8-7-14(12)4-3-9-18)20-17(21)15-6-5-13(2)19-11-15/h5-8,10-11H,9,18H2,1-2H3,(H,20,21). The lowest BCUT2D eigenvalue weighted by molar-refractivity contribution is 0.102. The molecule has 0 aliphatic heterocycles. The molecule has 2 rings (SSSR count). The average molecular weight is 279 g/mol. The van der Waals surface area contributed by atoms with Crippen LogP contribution in [0.2, 0.25) is 0 Å². The van der Waals surface area contributed by atoms with Crippen LogP contribution >= 0.6 is 0 Å². The Hall–Kier alpha value is -2.64. The number of amides is 1. The Kier molecular flexibility index (Phi) is 4.70. The fourth-order valence-corrected chi connectivity index (χ4v) is 1.83. The van der Waals surface area contributed by atoms with Crippen molar-refractivity contribution in [3.05, 3.63) is 58.9 Å². The van der Waals surface area contributed by atoms with Crippen LogP contribution in [0.1, 0.15) is 27.2 Å². The van der Waals surface area contributed by atoms with Gasteiger partial charge in [-0.3, -0.25) is 9.78 Å². The van der Waals surface area contributed by atoms with Gasteiger partial charge in [0.1, 0.15) is 0 Å². The minimum Gasteiger partial charge on any atom is -0.322 e. The maximum absolute atomic E-state index is 12.1. The molecule has 1 aromatic carbocycles. The molecule has 0 saturated heterocycles. The van der Waals surface area contributed by atoms with Gasteiger partial charge in [0.2, 0.25) is 0 Å². The highest BCUT2D eigenvalue weighted by atomic mass is 16.1. The Morgan fingerprint density at radius 1 is 1.29 bits per heavy atom. The monoisotopic (exact) mass is 279 g/mol. The third kappa shape index (κ3) is 3.91. The summed E-state index contributed by atoms with van der Waals surface area (Å²) in [6.07, 6.45) is 1.57. The molecule has 21 heavy (non-hydrogen) atoms. The lowest BCUT2D eigenvalue weighted by atomic mass is 10.1. The third-order valence-electron chi connectivity index (χ3n) is 2.98. The summed E-state index contributed by atoms with van der Waals surface area (Å²) >= 11 is 0. The van der Waals surface area contributed by atoms with Crippen molar-refractivity contribution >= 4 is 11.6 Å². The van der Waals surface area contributed by atoms with Crippen LogP contribution in [0.25, 0.3) is 0 Å². The largest absolute Gasteiger partial charge is 0.322 e. The van der Waals surface area contributed by atoms with Crippen LogP contribution in [0.4, 0.5) is 5.69 Å². The minimum absolute atomic E-state index is 0.178. The van der Waals surface area contributed by atoms with E-state index in [4.69, 9.17) is 5.73 Å². The number of benzene rings is 1. The van der Waals surface area contributed by atoms with Gasteiger partial charge in [0.25, 0.3) is 5.91 Å². The minimum atomic E-state index is -0.178. The molecule has 0 aliphatic carbocycles. The molecule has 1 aromatic heterocycles. The van der Waals surface area contributed by atoms with Crippen LogP contribution in [0, 0.1) is 25.7 Å². The Bertz CT molecular complexity index is 709. The molecule has 106 valence electrons. The molecular weight excluding hydrogens is 262 g/mol. The van der Waals surface area contributed by atoms with E-state index in [1.807, 2.05) is 38.1 Å². The number of carbonyl (C=O) groups is 1. The number of pyridine rings is 1.